The maximum atomic E-state index is 13.0. The van der Waals surface area contributed by atoms with Gasteiger partial charge in [-0.05, 0) is 19.8 Å². The Hall–Kier alpha value is -2.51. The van der Waals surface area contributed by atoms with Gasteiger partial charge in [0.15, 0.2) is 6.61 Å². The van der Waals surface area contributed by atoms with Gasteiger partial charge < -0.3 is 14.5 Å². The van der Waals surface area contributed by atoms with Crippen LogP contribution in [0.15, 0.2) is 22.9 Å². The summed E-state index contributed by atoms with van der Waals surface area (Å²) in [5.41, 5.74) is -0.509. The summed E-state index contributed by atoms with van der Waals surface area (Å²) >= 11 is 0. The van der Waals surface area contributed by atoms with Crippen molar-refractivity contribution in [2.75, 3.05) is 0 Å². The first-order chi connectivity index (χ1) is 10.9. The zero-order chi connectivity index (χ0) is 16.5. The lowest BCUT2D eigenvalue weighted by molar-refractivity contribution is -0.113. The van der Waals surface area contributed by atoms with E-state index in [1.165, 1.54) is 12.3 Å². The van der Waals surface area contributed by atoms with Crippen LogP contribution >= 0.6 is 0 Å². The van der Waals surface area contributed by atoms with Crippen LogP contribution in [-0.2, 0) is 16.8 Å². The van der Waals surface area contributed by atoms with Crippen LogP contribution < -0.4 is 10.1 Å². The molecule has 1 aliphatic carbocycles. The summed E-state index contributed by atoms with van der Waals surface area (Å²) < 4.78 is 24.0. The van der Waals surface area contributed by atoms with Gasteiger partial charge in [-0.25, -0.2) is 4.39 Å². The van der Waals surface area contributed by atoms with E-state index >= 15 is 0 Å². The molecule has 1 saturated carbocycles. The normalized spacial score (nSPS) is 26.4. The molecule has 3 rings (SSSR count). The number of carbonyl (C=O) groups excluding carboxylic acids is 1. The maximum Gasteiger partial charge on any atom is 0.253 e. The Bertz CT molecular complexity index is 712. The Morgan fingerprint density at radius 1 is 1.39 bits per heavy atom. The molecule has 1 amide bonds. The van der Waals surface area contributed by atoms with Crippen molar-refractivity contribution >= 4 is 6.41 Å². The molecule has 0 bridgehead atoms. The van der Waals surface area contributed by atoms with Crippen LogP contribution in [0.4, 0.5) is 4.39 Å². The van der Waals surface area contributed by atoms with Crippen LogP contribution in [0.25, 0.3) is 0 Å². The first-order valence-corrected chi connectivity index (χ1v) is 7.20. The average molecular weight is 320 g/mol. The molecule has 2 heterocycles. The second-order valence-electron chi connectivity index (χ2n) is 6.37. The lowest BCUT2D eigenvalue weighted by Crippen LogP contribution is -2.59. The first kappa shape index (κ1) is 15.4. The van der Waals surface area contributed by atoms with E-state index < -0.39 is 5.82 Å². The molecule has 1 aliphatic rings. The van der Waals surface area contributed by atoms with Gasteiger partial charge in [0.25, 0.3) is 5.89 Å². The highest BCUT2D eigenvalue weighted by atomic mass is 19.1. The minimum absolute atomic E-state index is 0.0398. The third-order valence-corrected chi connectivity index (χ3v) is 3.99. The number of rotatable bonds is 6. The van der Waals surface area contributed by atoms with E-state index in [1.54, 1.807) is 0 Å². The molecular weight excluding hydrogens is 303 g/mol. The highest BCUT2D eigenvalue weighted by Crippen LogP contribution is 2.49. The van der Waals surface area contributed by atoms with Crippen molar-refractivity contribution in [3.63, 3.8) is 0 Å². The van der Waals surface area contributed by atoms with E-state index in [4.69, 9.17) is 9.15 Å². The van der Waals surface area contributed by atoms with E-state index in [0.29, 0.717) is 23.9 Å². The van der Waals surface area contributed by atoms with Gasteiger partial charge in [0.2, 0.25) is 12.3 Å². The third kappa shape index (κ3) is 3.15. The van der Waals surface area contributed by atoms with Crippen molar-refractivity contribution in [1.29, 1.82) is 0 Å². The molecule has 1 N–H and O–H groups in total. The van der Waals surface area contributed by atoms with E-state index in [9.17, 15) is 9.18 Å². The van der Waals surface area contributed by atoms with Crippen molar-refractivity contribution in [3.05, 3.63) is 36.1 Å². The van der Waals surface area contributed by atoms with Gasteiger partial charge >= 0.3 is 0 Å². The fourth-order valence-corrected chi connectivity index (χ4v) is 3.24. The number of ether oxygens (including phenoxy) is 1. The zero-order valence-electron chi connectivity index (χ0n) is 12.9. The van der Waals surface area contributed by atoms with Gasteiger partial charge in [0.05, 0.1) is 17.8 Å². The van der Waals surface area contributed by atoms with E-state index in [1.807, 2.05) is 13.8 Å². The number of hydrogen-bond acceptors (Lipinski definition) is 6. The highest BCUT2D eigenvalue weighted by molar-refractivity contribution is 5.49. The minimum Gasteiger partial charge on any atom is -0.482 e. The Morgan fingerprint density at radius 2 is 2.17 bits per heavy atom. The fourth-order valence-electron chi connectivity index (χ4n) is 3.24. The Kier molecular flexibility index (Phi) is 3.75. The zero-order valence-corrected chi connectivity index (χ0v) is 12.9. The molecule has 1 fully saturated rings. The number of halogens is 1. The second kappa shape index (κ2) is 5.60. The van der Waals surface area contributed by atoms with E-state index in [0.717, 1.165) is 19.0 Å². The number of amides is 1. The Labute approximate surface area is 132 Å². The third-order valence-electron chi connectivity index (χ3n) is 3.99. The van der Waals surface area contributed by atoms with Crippen molar-refractivity contribution in [2.24, 2.45) is 0 Å². The molecule has 0 aliphatic heterocycles. The molecule has 0 aromatic carbocycles. The van der Waals surface area contributed by atoms with Crippen LogP contribution in [0.2, 0.25) is 0 Å². The molecule has 23 heavy (non-hydrogen) atoms. The highest BCUT2D eigenvalue weighted by Gasteiger charge is 2.52. The van der Waals surface area contributed by atoms with Crippen LogP contribution in [0.5, 0.6) is 5.75 Å². The molecule has 0 atom stereocenters. The largest absolute Gasteiger partial charge is 0.482 e. The molecule has 2 aromatic rings. The molecule has 2 aromatic heterocycles. The van der Waals surface area contributed by atoms with Crippen molar-refractivity contribution in [3.8, 4) is 5.75 Å². The van der Waals surface area contributed by atoms with Crippen molar-refractivity contribution in [1.82, 2.24) is 20.5 Å². The molecule has 8 heteroatoms. The van der Waals surface area contributed by atoms with Crippen LogP contribution in [0.3, 0.4) is 0 Å². The van der Waals surface area contributed by atoms with Gasteiger partial charge in [0.1, 0.15) is 11.6 Å². The SMILES string of the molecule is CC1(NC=O)CC(C)(c2nnc(COc3cncc(F)c3)o2)C1. The lowest BCUT2D eigenvalue weighted by Gasteiger charge is -2.50. The number of hydrogen-bond donors (Lipinski definition) is 1. The summed E-state index contributed by atoms with van der Waals surface area (Å²) in [5, 5.41) is 10.8. The second-order valence-corrected chi connectivity index (χ2v) is 6.37. The van der Waals surface area contributed by atoms with Gasteiger partial charge in [0, 0.05) is 11.6 Å². The van der Waals surface area contributed by atoms with Gasteiger partial charge in [-0.2, -0.15) is 0 Å². The molecule has 122 valence electrons. The first-order valence-electron chi connectivity index (χ1n) is 7.20. The van der Waals surface area contributed by atoms with E-state index in [2.05, 4.69) is 20.5 Å². The van der Waals surface area contributed by atoms with Gasteiger partial charge in [-0.3, -0.25) is 9.78 Å². The summed E-state index contributed by atoms with van der Waals surface area (Å²) in [5.74, 6) is 0.640. The van der Waals surface area contributed by atoms with Crippen LogP contribution in [-0.4, -0.2) is 27.1 Å². The molecule has 0 unspecified atom stereocenters. The fraction of sp³-hybridized carbons (Fsp3) is 0.467. The molecule has 0 spiro atoms. The summed E-state index contributed by atoms with van der Waals surface area (Å²) in [6.45, 7) is 4.02. The topological polar surface area (TPSA) is 90.1 Å². The summed E-state index contributed by atoms with van der Waals surface area (Å²) in [6.07, 6.45) is 4.65. The van der Waals surface area contributed by atoms with Gasteiger partial charge in [-0.15, -0.1) is 10.2 Å². The molecule has 7 nitrogen and oxygen atoms in total. The van der Waals surface area contributed by atoms with Crippen LogP contribution in [0, 0.1) is 5.82 Å². The maximum absolute atomic E-state index is 13.0. The smallest absolute Gasteiger partial charge is 0.253 e. The Morgan fingerprint density at radius 3 is 2.87 bits per heavy atom. The number of nitrogens with one attached hydrogen (secondary N) is 1. The summed E-state index contributed by atoms with van der Waals surface area (Å²) in [6, 6.07) is 1.23. The minimum atomic E-state index is -0.474. The average Bonchev–Trinajstić information content (AvgIpc) is 2.93. The molecule has 0 saturated heterocycles. The monoisotopic (exact) mass is 320 g/mol. The van der Waals surface area contributed by atoms with Crippen molar-refractivity contribution < 1.29 is 18.3 Å². The van der Waals surface area contributed by atoms with E-state index in [-0.39, 0.29) is 17.6 Å². The lowest BCUT2D eigenvalue weighted by atomic mass is 9.59. The Balaban J connectivity index is 1.62. The molecular formula is C15H17FN4O3. The number of aromatic nitrogens is 3. The number of carbonyl (C=O) groups is 1. The van der Waals surface area contributed by atoms with Crippen molar-refractivity contribution in [2.45, 2.75) is 44.2 Å². The standard InChI is InChI=1S/C15H17FN4O3/c1-14(7-15(2,8-14)18-9-21)13-20-19-12(23-13)6-22-11-3-10(16)4-17-5-11/h3-5,9H,6-8H2,1-2H3,(H,18,21). The predicted molar refractivity (Wildman–Crippen MR) is 77.0 cm³/mol. The molecule has 0 radical (unpaired) electrons. The van der Waals surface area contributed by atoms with Crippen LogP contribution in [0.1, 0.15) is 38.5 Å². The quantitative estimate of drug-likeness (QED) is 0.815. The van der Waals surface area contributed by atoms with Gasteiger partial charge in [-0.1, -0.05) is 6.92 Å². The number of pyridine rings is 1. The number of nitrogens with zero attached hydrogens (tertiary/aromatic N) is 3. The predicted octanol–water partition coefficient (Wildman–Crippen LogP) is 1.74. The summed E-state index contributed by atoms with van der Waals surface area (Å²) in [4.78, 5) is 14.3. The summed E-state index contributed by atoms with van der Waals surface area (Å²) in [7, 11) is 0.